The van der Waals surface area contributed by atoms with E-state index in [1.807, 2.05) is 0 Å². The lowest BCUT2D eigenvalue weighted by Gasteiger charge is -2.34. The highest BCUT2D eigenvalue weighted by atomic mass is 16.7. The van der Waals surface area contributed by atoms with Gasteiger partial charge in [0.2, 0.25) is 0 Å². The quantitative estimate of drug-likeness (QED) is 0.261. The number of para-hydroxylation sites is 2. The van der Waals surface area contributed by atoms with Crippen molar-refractivity contribution in [3.05, 3.63) is 81.9 Å². The monoisotopic (exact) mass is 550 g/mol. The highest BCUT2D eigenvalue weighted by molar-refractivity contribution is 5.87. The maximum absolute atomic E-state index is 7.24. The van der Waals surface area contributed by atoms with E-state index in [0.29, 0.717) is 0 Å². The topological polar surface area (TPSA) is 24.5 Å². The smallest absolute Gasteiger partial charge is 0.339 e. The lowest BCUT2D eigenvalue weighted by molar-refractivity contribution is -0.831. The molecule has 0 radical (unpaired) electrons. The first-order valence-electron chi connectivity index (χ1n) is 14.9. The van der Waals surface area contributed by atoms with E-state index in [1.54, 1.807) is 0 Å². The van der Waals surface area contributed by atoms with Gasteiger partial charge in [-0.15, -0.1) is 0 Å². The first-order valence-corrected chi connectivity index (χ1v) is 14.9. The molecule has 3 aliphatic heterocycles. The Morgan fingerprint density at radius 2 is 0.878 bits per heavy atom. The molecule has 4 nitrogen and oxygen atoms in total. The Morgan fingerprint density at radius 3 is 1.20 bits per heavy atom. The second kappa shape index (κ2) is 8.33. The standard InChI is InChI=1S/C37H46N2O2/c1-33(2,3)25-17-23-21-38-29-15-13-14-16-30(29)39-22-24-18-26(34(4,5)6)20-28(36(10,11)12)32(24)41-37(38,39)40-31(23)27(19-25)35(7,8)9/h13-22H,1-12H3/q+2. The van der Waals surface area contributed by atoms with Gasteiger partial charge < -0.3 is 9.47 Å². The van der Waals surface area contributed by atoms with E-state index in [1.165, 1.54) is 22.3 Å². The van der Waals surface area contributed by atoms with Gasteiger partial charge >= 0.3 is 6.03 Å². The van der Waals surface area contributed by atoms with Crippen molar-refractivity contribution in [2.24, 2.45) is 0 Å². The molecule has 3 aromatic rings. The zero-order chi connectivity index (χ0) is 29.9. The molecule has 0 aromatic heterocycles. The van der Waals surface area contributed by atoms with Crippen molar-refractivity contribution in [1.82, 2.24) is 0 Å². The number of ether oxygens (including phenoxy) is 2. The average Bonchev–Trinajstić information content (AvgIpc) is 3.11. The molecule has 3 aromatic carbocycles. The molecule has 0 fully saturated rings. The predicted molar refractivity (Wildman–Crippen MR) is 168 cm³/mol. The molecule has 0 atom stereocenters. The minimum atomic E-state index is -1.20. The van der Waals surface area contributed by atoms with E-state index >= 15 is 0 Å². The maximum atomic E-state index is 7.24. The molecule has 0 amide bonds. The molecule has 1 spiro atoms. The summed E-state index contributed by atoms with van der Waals surface area (Å²) in [7, 11) is 0. The normalized spacial score (nSPS) is 17.2. The Balaban J connectivity index is 1.67. The molecule has 0 N–H and O–H groups in total. The second-order valence-corrected chi connectivity index (χ2v) is 16.1. The van der Waals surface area contributed by atoms with Crippen LogP contribution >= 0.6 is 0 Å². The third-order valence-electron chi connectivity index (χ3n) is 8.60. The first-order chi connectivity index (χ1) is 18.8. The predicted octanol–water partition coefficient (Wildman–Crippen LogP) is 8.81. The molecule has 0 saturated carbocycles. The Labute approximate surface area is 246 Å². The van der Waals surface area contributed by atoms with Gasteiger partial charge in [0.05, 0.1) is 11.1 Å². The fourth-order valence-electron chi connectivity index (χ4n) is 6.06. The van der Waals surface area contributed by atoms with Crippen molar-refractivity contribution < 1.29 is 18.6 Å². The van der Waals surface area contributed by atoms with Crippen molar-refractivity contribution in [2.75, 3.05) is 0 Å². The molecule has 4 heteroatoms. The van der Waals surface area contributed by atoms with Crippen molar-refractivity contribution in [3.8, 4) is 11.5 Å². The van der Waals surface area contributed by atoms with E-state index < -0.39 is 6.03 Å². The van der Waals surface area contributed by atoms with Gasteiger partial charge in [-0.3, -0.25) is 0 Å². The minimum Gasteiger partial charge on any atom is -0.339 e. The van der Waals surface area contributed by atoms with Crippen LogP contribution in [0.15, 0.2) is 48.5 Å². The SMILES string of the molecule is CC(C)(C)c1cc2c(c(C(C)(C)C)c1)OC13Oc4c(cc(C(C)(C)C)cc4C(C)(C)C)C=[N+]1c1ccccc1[N+]3=C2. The van der Waals surface area contributed by atoms with Crippen LogP contribution in [0.5, 0.6) is 11.5 Å². The lowest BCUT2D eigenvalue weighted by atomic mass is 9.78. The van der Waals surface area contributed by atoms with Crippen LogP contribution in [-0.4, -0.2) is 27.6 Å². The van der Waals surface area contributed by atoms with Gasteiger partial charge in [0.15, 0.2) is 23.9 Å². The Hall–Kier alpha value is -3.40. The fraction of sp³-hybridized carbons (Fsp3) is 0.459. The molecule has 3 aliphatic rings. The van der Waals surface area contributed by atoms with Gasteiger partial charge in [-0.1, -0.05) is 107 Å². The van der Waals surface area contributed by atoms with E-state index in [-0.39, 0.29) is 21.7 Å². The van der Waals surface area contributed by atoms with E-state index in [0.717, 1.165) is 34.0 Å². The van der Waals surface area contributed by atoms with E-state index in [9.17, 15) is 0 Å². The summed E-state index contributed by atoms with van der Waals surface area (Å²) in [6, 6.07) is 16.5. The molecule has 0 aliphatic carbocycles. The van der Waals surface area contributed by atoms with Crippen molar-refractivity contribution in [1.29, 1.82) is 0 Å². The summed E-state index contributed by atoms with van der Waals surface area (Å²) in [4.78, 5) is 0. The van der Waals surface area contributed by atoms with Crippen LogP contribution in [0.3, 0.4) is 0 Å². The molecular formula is C37H46N2O2+2. The van der Waals surface area contributed by atoms with Crippen LogP contribution in [0.4, 0.5) is 11.4 Å². The number of fused-ring (bicyclic) bond motifs is 5. The Kier molecular flexibility index (Phi) is 5.64. The first kappa shape index (κ1) is 27.8. The van der Waals surface area contributed by atoms with Gasteiger partial charge in [0.1, 0.15) is 0 Å². The van der Waals surface area contributed by atoms with E-state index in [2.05, 4.69) is 153 Å². The number of nitrogens with zero attached hydrogens (tertiary/aromatic N) is 2. The zero-order valence-corrected chi connectivity index (χ0v) is 27.0. The summed E-state index contributed by atoms with van der Waals surface area (Å²) in [5, 5.41) is 0. The van der Waals surface area contributed by atoms with Crippen LogP contribution < -0.4 is 9.47 Å². The molecule has 0 bridgehead atoms. The van der Waals surface area contributed by atoms with Gasteiger partial charge in [-0.05, 0) is 54.1 Å². The highest BCUT2D eigenvalue weighted by Gasteiger charge is 2.73. The molecule has 3 heterocycles. The van der Waals surface area contributed by atoms with Gasteiger partial charge in [-0.25, -0.2) is 0 Å². The largest absolute Gasteiger partial charge is 0.715 e. The molecule has 214 valence electrons. The van der Waals surface area contributed by atoms with Crippen molar-refractivity contribution in [3.63, 3.8) is 0 Å². The Bertz CT molecular complexity index is 1540. The third-order valence-corrected chi connectivity index (χ3v) is 8.60. The number of benzene rings is 3. The molecule has 0 unspecified atom stereocenters. The van der Waals surface area contributed by atoms with Crippen LogP contribution in [0.1, 0.15) is 116 Å². The fourth-order valence-corrected chi connectivity index (χ4v) is 6.06. The van der Waals surface area contributed by atoms with Gasteiger partial charge in [-0.2, -0.15) is 0 Å². The van der Waals surface area contributed by atoms with Crippen molar-refractivity contribution >= 4 is 23.8 Å². The number of rotatable bonds is 0. The lowest BCUT2D eigenvalue weighted by Crippen LogP contribution is -2.59. The van der Waals surface area contributed by atoms with Gasteiger partial charge in [0.25, 0.3) is 11.4 Å². The summed E-state index contributed by atoms with van der Waals surface area (Å²) in [6.45, 7) is 27.2. The third kappa shape index (κ3) is 4.24. The second-order valence-electron chi connectivity index (χ2n) is 16.1. The number of hydrogen-bond acceptors (Lipinski definition) is 2. The van der Waals surface area contributed by atoms with E-state index in [4.69, 9.17) is 9.47 Å². The van der Waals surface area contributed by atoms with Crippen LogP contribution in [0.25, 0.3) is 0 Å². The average molecular weight is 551 g/mol. The minimum absolute atomic E-state index is 0.00733. The van der Waals surface area contributed by atoms with Gasteiger partial charge in [0, 0.05) is 23.3 Å². The van der Waals surface area contributed by atoms with Crippen LogP contribution in [0.2, 0.25) is 0 Å². The number of hydrogen-bond donors (Lipinski definition) is 0. The van der Waals surface area contributed by atoms with Crippen LogP contribution in [0, 0.1) is 0 Å². The summed E-state index contributed by atoms with van der Waals surface area (Å²) < 4.78 is 18.9. The zero-order valence-electron chi connectivity index (χ0n) is 27.0. The molecular weight excluding hydrogens is 504 g/mol. The van der Waals surface area contributed by atoms with Crippen molar-refractivity contribution in [2.45, 2.75) is 111 Å². The summed E-state index contributed by atoms with van der Waals surface area (Å²) in [5.41, 5.74) is 9.04. The molecule has 41 heavy (non-hydrogen) atoms. The van der Waals surface area contributed by atoms with Crippen LogP contribution in [-0.2, 0) is 21.7 Å². The molecule has 6 rings (SSSR count). The molecule has 0 saturated heterocycles. The maximum Gasteiger partial charge on any atom is 0.715 e. The summed E-state index contributed by atoms with van der Waals surface area (Å²) in [6.07, 6.45) is 4.47. The summed E-state index contributed by atoms with van der Waals surface area (Å²) in [5.74, 6) is 1.78. The summed E-state index contributed by atoms with van der Waals surface area (Å²) >= 11 is 0. The Morgan fingerprint density at radius 1 is 0.512 bits per heavy atom. The highest BCUT2D eigenvalue weighted by Crippen LogP contribution is 2.52.